The van der Waals surface area contributed by atoms with E-state index in [1.165, 1.54) is 11.3 Å². The minimum absolute atomic E-state index is 0.0333. The molecule has 3 rings (SSSR count). The van der Waals surface area contributed by atoms with Gasteiger partial charge in [-0.1, -0.05) is 12.1 Å². The van der Waals surface area contributed by atoms with Gasteiger partial charge in [0.2, 0.25) is 5.91 Å². The summed E-state index contributed by atoms with van der Waals surface area (Å²) in [5.74, 6) is 0.860. The molecular formula is C21H23N3O2S. The smallest absolute Gasteiger partial charge is 0.229 e. The summed E-state index contributed by atoms with van der Waals surface area (Å²) in [5.41, 5.74) is 2.82. The number of ether oxygens (including phenoxy) is 1. The number of rotatable bonds is 7. The fraction of sp³-hybridized carbons (Fsp3) is 0.286. The van der Waals surface area contributed by atoms with E-state index in [2.05, 4.69) is 9.97 Å². The SMILES string of the molecule is CCN(C(=O)Cc1csc(-c2cccnc2)n1)C(C)c1cccc(OC)c1. The predicted molar refractivity (Wildman–Crippen MR) is 108 cm³/mol. The highest BCUT2D eigenvalue weighted by molar-refractivity contribution is 7.13. The van der Waals surface area contributed by atoms with Crippen molar-refractivity contribution in [2.24, 2.45) is 0 Å². The van der Waals surface area contributed by atoms with Gasteiger partial charge in [-0.2, -0.15) is 0 Å². The van der Waals surface area contributed by atoms with Gasteiger partial charge in [0.1, 0.15) is 10.8 Å². The van der Waals surface area contributed by atoms with E-state index < -0.39 is 0 Å². The van der Waals surface area contributed by atoms with Crippen LogP contribution in [0.5, 0.6) is 5.75 Å². The first-order valence-electron chi connectivity index (χ1n) is 8.90. The summed E-state index contributed by atoms with van der Waals surface area (Å²) in [4.78, 5) is 23.5. The van der Waals surface area contributed by atoms with E-state index in [-0.39, 0.29) is 11.9 Å². The molecule has 2 heterocycles. The van der Waals surface area contributed by atoms with Crippen molar-refractivity contribution in [2.45, 2.75) is 26.3 Å². The minimum Gasteiger partial charge on any atom is -0.497 e. The molecule has 1 amide bonds. The predicted octanol–water partition coefficient (Wildman–Crippen LogP) is 4.37. The van der Waals surface area contributed by atoms with Gasteiger partial charge in [0.25, 0.3) is 0 Å². The highest BCUT2D eigenvalue weighted by Crippen LogP contribution is 2.26. The molecule has 140 valence electrons. The highest BCUT2D eigenvalue weighted by Gasteiger charge is 2.21. The first kappa shape index (κ1) is 19.0. The molecule has 5 nitrogen and oxygen atoms in total. The molecule has 0 aliphatic rings. The van der Waals surface area contributed by atoms with Crippen LogP contribution in [0.15, 0.2) is 54.2 Å². The number of methoxy groups -OCH3 is 1. The number of aromatic nitrogens is 2. The summed E-state index contributed by atoms with van der Waals surface area (Å²) in [5, 5.41) is 2.83. The summed E-state index contributed by atoms with van der Waals surface area (Å²) in [6.07, 6.45) is 3.81. The second-order valence-electron chi connectivity index (χ2n) is 6.19. The van der Waals surface area contributed by atoms with Crippen LogP contribution >= 0.6 is 11.3 Å². The molecular weight excluding hydrogens is 358 g/mol. The van der Waals surface area contributed by atoms with Crippen molar-refractivity contribution in [2.75, 3.05) is 13.7 Å². The molecule has 0 bridgehead atoms. The molecule has 0 saturated heterocycles. The Morgan fingerprint density at radius 1 is 1.30 bits per heavy atom. The zero-order valence-electron chi connectivity index (χ0n) is 15.8. The van der Waals surface area contributed by atoms with Gasteiger partial charge >= 0.3 is 0 Å². The Morgan fingerprint density at radius 2 is 2.15 bits per heavy atom. The summed E-state index contributed by atoms with van der Waals surface area (Å²) in [6.45, 7) is 4.67. The lowest BCUT2D eigenvalue weighted by molar-refractivity contribution is -0.132. The Balaban J connectivity index is 1.72. The average molecular weight is 382 g/mol. The minimum atomic E-state index is -0.0333. The van der Waals surface area contributed by atoms with E-state index in [4.69, 9.17) is 4.74 Å². The Bertz CT molecular complexity index is 895. The van der Waals surface area contributed by atoms with Crippen molar-refractivity contribution in [1.82, 2.24) is 14.9 Å². The van der Waals surface area contributed by atoms with Gasteiger partial charge in [-0.25, -0.2) is 4.98 Å². The number of pyridine rings is 1. The molecule has 0 saturated carbocycles. The Labute approximate surface area is 163 Å². The van der Waals surface area contributed by atoms with Gasteiger partial charge in [0.15, 0.2) is 0 Å². The van der Waals surface area contributed by atoms with Crippen molar-refractivity contribution < 1.29 is 9.53 Å². The van der Waals surface area contributed by atoms with Crippen LogP contribution < -0.4 is 4.74 Å². The zero-order chi connectivity index (χ0) is 19.2. The van der Waals surface area contributed by atoms with Crippen molar-refractivity contribution in [1.29, 1.82) is 0 Å². The molecule has 0 radical (unpaired) electrons. The third kappa shape index (κ3) is 4.52. The van der Waals surface area contributed by atoms with Crippen molar-refractivity contribution in [3.63, 3.8) is 0 Å². The summed E-state index contributed by atoms with van der Waals surface area (Å²) in [6, 6.07) is 11.7. The van der Waals surface area contributed by atoms with E-state index >= 15 is 0 Å². The third-order valence-corrected chi connectivity index (χ3v) is 5.44. The molecule has 0 aliphatic carbocycles. The largest absolute Gasteiger partial charge is 0.497 e. The van der Waals surface area contributed by atoms with Crippen LogP contribution in [0.1, 0.15) is 31.1 Å². The lowest BCUT2D eigenvalue weighted by Gasteiger charge is -2.28. The maximum atomic E-state index is 12.9. The monoisotopic (exact) mass is 381 g/mol. The summed E-state index contributed by atoms with van der Waals surface area (Å²) >= 11 is 1.54. The van der Waals surface area contributed by atoms with Crippen LogP contribution in [0.25, 0.3) is 10.6 Å². The quantitative estimate of drug-likeness (QED) is 0.610. The van der Waals surface area contributed by atoms with E-state index in [9.17, 15) is 4.79 Å². The van der Waals surface area contributed by atoms with Crippen LogP contribution in [-0.2, 0) is 11.2 Å². The molecule has 3 aromatic rings. The molecule has 6 heteroatoms. The van der Waals surface area contributed by atoms with Crippen LogP contribution in [0.3, 0.4) is 0 Å². The fourth-order valence-corrected chi connectivity index (χ4v) is 3.82. The Kier molecular flexibility index (Phi) is 6.19. The molecule has 1 atom stereocenters. The van der Waals surface area contributed by atoms with E-state index in [1.807, 2.05) is 60.5 Å². The van der Waals surface area contributed by atoms with E-state index in [1.54, 1.807) is 19.5 Å². The second-order valence-corrected chi connectivity index (χ2v) is 7.05. The standard InChI is InChI=1S/C21H23N3O2S/c1-4-24(15(2)16-7-5-9-19(11-16)26-3)20(25)12-18-14-27-21(23-18)17-8-6-10-22-13-17/h5-11,13-15H,4,12H2,1-3H3. The number of hydrogen-bond donors (Lipinski definition) is 0. The Morgan fingerprint density at radius 3 is 2.85 bits per heavy atom. The number of carbonyl (C=O) groups excluding carboxylic acids is 1. The summed E-state index contributed by atoms with van der Waals surface area (Å²) < 4.78 is 5.30. The van der Waals surface area contributed by atoms with Gasteiger partial charge in [0.05, 0.1) is 25.3 Å². The van der Waals surface area contributed by atoms with Gasteiger partial charge in [-0.3, -0.25) is 9.78 Å². The first-order valence-corrected chi connectivity index (χ1v) is 9.78. The van der Waals surface area contributed by atoms with Gasteiger partial charge < -0.3 is 9.64 Å². The number of likely N-dealkylation sites (N-methyl/N-ethyl adjacent to an activating group) is 1. The van der Waals surface area contributed by atoms with Crippen LogP contribution in [-0.4, -0.2) is 34.4 Å². The fourth-order valence-electron chi connectivity index (χ4n) is 3.01. The number of thiazole rings is 1. The van der Waals surface area contributed by atoms with Crippen molar-refractivity contribution in [3.05, 3.63) is 65.4 Å². The normalized spacial score (nSPS) is 11.8. The van der Waals surface area contributed by atoms with Crippen molar-refractivity contribution in [3.8, 4) is 16.3 Å². The second kappa shape index (κ2) is 8.77. The van der Waals surface area contributed by atoms with Crippen LogP contribution in [0.4, 0.5) is 0 Å². The number of carbonyl (C=O) groups is 1. The molecule has 1 unspecified atom stereocenters. The van der Waals surface area contributed by atoms with Crippen molar-refractivity contribution >= 4 is 17.2 Å². The molecule has 0 fully saturated rings. The van der Waals surface area contributed by atoms with Crippen LogP contribution in [0.2, 0.25) is 0 Å². The molecule has 1 aromatic carbocycles. The first-order chi connectivity index (χ1) is 13.1. The Hall–Kier alpha value is -2.73. The molecule has 0 N–H and O–H groups in total. The average Bonchev–Trinajstić information content (AvgIpc) is 3.17. The number of benzene rings is 1. The molecule has 0 aliphatic heterocycles. The highest BCUT2D eigenvalue weighted by atomic mass is 32.1. The topological polar surface area (TPSA) is 55.3 Å². The maximum Gasteiger partial charge on any atom is 0.229 e. The molecule has 2 aromatic heterocycles. The molecule has 27 heavy (non-hydrogen) atoms. The number of amides is 1. The zero-order valence-corrected chi connectivity index (χ0v) is 16.6. The van der Waals surface area contributed by atoms with E-state index in [0.29, 0.717) is 13.0 Å². The maximum absolute atomic E-state index is 12.9. The van der Waals surface area contributed by atoms with E-state index in [0.717, 1.165) is 27.6 Å². The molecule has 0 spiro atoms. The van der Waals surface area contributed by atoms with Gasteiger partial charge in [0, 0.05) is 29.9 Å². The third-order valence-electron chi connectivity index (χ3n) is 4.50. The lowest BCUT2D eigenvalue weighted by atomic mass is 10.1. The number of hydrogen-bond acceptors (Lipinski definition) is 5. The van der Waals surface area contributed by atoms with Gasteiger partial charge in [-0.15, -0.1) is 11.3 Å². The number of nitrogens with zero attached hydrogens (tertiary/aromatic N) is 3. The summed E-state index contributed by atoms with van der Waals surface area (Å²) in [7, 11) is 1.65. The van der Waals surface area contributed by atoms with Crippen LogP contribution in [0, 0.1) is 0 Å². The lowest BCUT2D eigenvalue weighted by Crippen LogP contribution is -2.34. The van der Waals surface area contributed by atoms with Gasteiger partial charge in [-0.05, 0) is 43.7 Å².